The van der Waals surface area contributed by atoms with Crippen LogP contribution in [0.15, 0.2) is 45.7 Å². The first-order chi connectivity index (χ1) is 16.6. The summed E-state index contributed by atoms with van der Waals surface area (Å²) in [4.78, 5) is 40.4. The summed E-state index contributed by atoms with van der Waals surface area (Å²) < 4.78 is 34.7. The molecule has 8 nitrogen and oxygen atoms in total. The first-order valence-electron chi connectivity index (χ1n) is 10.6. The van der Waals surface area contributed by atoms with Crippen molar-refractivity contribution < 1.29 is 23.1 Å². The molecule has 2 N–H and O–H groups in total. The van der Waals surface area contributed by atoms with Crippen molar-refractivity contribution in [2.24, 2.45) is 0 Å². The van der Waals surface area contributed by atoms with Crippen molar-refractivity contribution in [3.63, 3.8) is 0 Å². The first-order valence-corrected chi connectivity index (χ1v) is 11.4. The third-order valence-corrected chi connectivity index (χ3v) is 5.85. The van der Waals surface area contributed by atoms with Crippen molar-refractivity contribution in [1.29, 1.82) is 0 Å². The van der Waals surface area contributed by atoms with E-state index in [0.29, 0.717) is 11.3 Å². The lowest BCUT2D eigenvalue weighted by atomic mass is 10.1. The van der Waals surface area contributed by atoms with Gasteiger partial charge in [0, 0.05) is 37.2 Å². The molecule has 3 rings (SSSR count). The molecule has 0 saturated carbocycles. The number of hydrogen-bond donors (Lipinski definition) is 2. The van der Waals surface area contributed by atoms with Crippen molar-refractivity contribution in [1.82, 2.24) is 20.2 Å². The number of aryl methyl sites for hydroxylation is 2. The Morgan fingerprint density at radius 1 is 1.14 bits per heavy atom. The van der Waals surface area contributed by atoms with Crippen molar-refractivity contribution in [2.75, 3.05) is 13.6 Å². The van der Waals surface area contributed by atoms with Gasteiger partial charge in [0.2, 0.25) is 11.8 Å². The Kier molecular flexibility index (Phi) is 8.34. The Balaban J connectivity index is 1.98. The number of halogens is 3. The van der Waals surface area contributed by atoms with Crippen LogP contribution < -0.4 is 20.9 Å². The molecule has 0 fully saturated rings. The Bertz CT molecular complexity index is 1340. The molecular weight excluding hydrogens is 526 g/mol. The molecule has 0 saturated heterocycles. The van der Waals surface area contributed by atoms with Gasteiger partial charge >= 0.3 is 0 Å². The van der Waals surface area contributed by atoms with Crippen LogP contribution in [0.5, 0.6) is 5.88 Å². The highest BCUT2D eigenvalue weighted by atomic mass is 79.9. The van der Waals surface area contributed by atoms with Gasteiger partial charge in [0.1, 0.15) is 28.5 Å². The lowest BCUT2D eigenvalue weighted by Crippen LogP contribution is -2.29. The smallest absolute Gasteiger partial charge is 0.291 e. The number of nitrogens with zero attached hydrogens (tertiary/aromatic N) is 2. The van der Waals surface area contributed by atoms with Gasteiger partial charge in [-0.2, -0.15) is 4.98 Å². The van der Waals surface area contributed by atoms with Gasteiger partial charge in [0.15, 0.2) is 0 Å². The topological polar surface area (TPSA) is 102 Å². The Labute approximate surface area is 208 Å². The second kappa shape index (κ2) is 11.2. The zero-order valence-corrected chi connectivity index (χ0v) is 20.8. The largest absolute Gasteiger partial charge is 0.473 e. The predicted molar refractivity (Wildman–Crippen MR) is 129 cm³/mol. The van der Waals surface area contributed by atoms with Gasteiger partial charge < -0.3 is 15.4 Å². The fourth-order valence-electron chi connectivity index (χ4n) is 3.29. The van der Waals surface area contributed by atoms with E-state index < -0.39 is 23.1 Å². The SMILES string of the molecule is CNC(=O)CCNC(=O)c1ccc(C)c(-n2c(C)nc(=O)c(Br)c2OCc2ccc(F)cc2F)c1. The molecule has 3 aromatic rings. The number of aromatic nitrogens is 2. The maximum Gasteiger partial charge on any atom is 0.291 e. The fraction of sp³-hybridized carbons (Fsp3) is 0.250. The van der Waals surface area contributed by atoms with E-state index in [2.05, 4.69) is 31.5 Å². The number of nitrogens with one attached hydrogen (secondary N) is 2. The van der Waals surface area contributed by atoms with Crippen molar-refractivity contribution in [3.05, 3.63) is 85.4 Å². The summed E-state index contributed by atoms with van der Waals surface area (Å²) in [5.41, 5.74) is 1.06. The summed E-state index contributed by atoms with van der Waals surface area (Å²) in [7, 11) is 1.51. The van der Waals surface area contributed by atoms with Crippen LogP contribution in [-0.4, -0.2) is 35.0 Å². The van der Waals surface area contributed by atoms with E-state index in [1.54, 1.807) is 32.0 Å². The third kappa shape index (κ3) is 6.10. The summed E-state index contributed by atoms with van der Waals surface area (Å²) in [5.74, 6) is -1.78. The summed E-state index contributed by atoms with van der Waals surface area (Å²) in [6.07, 6.45) is 0.134. The molecule has 1 aromatic heterocycles. The van der Waals surface area contributed by atoms with Crippen LogP contribution in [0.25, 0.3) is 5.69 Å². The molecule has 0 aliphatic rings. The average molecular weight is 549 g/mol. The molecule has 2 amide bonds. The minimum absolute atomic E-state index is 0.00505. The number of carbonyl (C=O) groups is 2. The third-order valence-electron chi connectivity index (χ3n) is 5.17. The van der Waals surface area contributed by atoms with Gasteiger partial charge in [-0.3, -0.25) is 19.0 Å². The monoisotopic (exact) mass is 548 g/mol. The lowest BCUT2D eigenvalue weighted by Gasteiger charge is -2.20. The summed E-state index contributed by atoms with van der Waals surface area (Å²) >= 11 is 3.20. The number of hydrogen-bond acceptors (Lipinski definition) is 5. The van der Waals surface area contributed by atoms with E-state index in [0.717, 1.165) is 17.7 Å². The quantitative estimate of drug-likeness (QED) is 0.449. The van der Waals surface area contributed by atoms with Gasteiger partial charge in [-0.25, -0.2) is 8.78 Å². The van der Waals surface area contributed by atoms with Gasteiger partial charge in [-0.15, -0.1) is 0 Å². The van der Waals surface area contributed by atoms with E-state index >= 15 is 0 Å². The molecule has 0 unspecified atom stereocenters. The Morgan fingerprint density at radius 2 is 1.89 bits per heavy atom. The van der Waals surface area contributed by atoms with E-state index in [9.17, 15) is 23.2 Å². The lowest BCUT2D eigenvalue weighted by molar-refractivity contribution is -0.120. The zero-order valence-electron chi connectivity index (χ0n) is 19.2. The fourth-order valence-corrected chi connectivity index (χ4v) is 3.67. The van der Waals surface area contributed by atoms with Crippen LogP contribution in [0.3, 0.4) is 0 Å². The average Bonchev–Trinajstić information content (AvgIpc) is 2.81. The molecule has 0 spiro atoms. The minimum atomic E-state index is -0.785. The molecule has 35 heavy (non-hydrogen) atoms. The van der Waals surface area contributed by atoms with Crippen molar-refractivity contribution in [3.8, 4) is 11.6 Å². The summed E-state index contributed by atoms with van der Waals surface area (Å²) in [5, 5.41) is 5.16. The molecule has 0 bridgehead atoms. The molecule has 0 atom stereocenters. The van der Waals surface area contributed by atoms with Crippen LogP contribution in [-0.2, 0) is 11.4 Å². The highest BCUT2D eigenvalue weighted by molar-refractivity contribution is 9.10. The van der Waals surface area contributed by atoms with Gasteiger partial charge in [0.05, 0.1) is 5.69 Å². The molecule has 0 aliphatic carbocycles. The Morgan fingerprint density at radius 3 is 2.57 bits per heavy atom. The second-order valence-corrected chi connectivity index (χ2v) is 8.42. The normalized spacial score (nSPS) is 10.7. The van der Waals surface area contributed by atoms with Crippen molar-refractivity contribution in [2.45, 2.75) is 26.9 Å². The van der Waals surface area contributed by atoms with Gasteiger partial charge in [-0.1, -0.05) is 6.07 Å². The molecule has 0 aliphatic heterocycles. The maximum absolute atomic E-state index is 14.1. The van der Waals surface area contributed by atoms with E-state index in [1.807, 2.05) is 0 Å². The zero-order chi connectivity index (χ0) is 25.7. The van der Waals surface area contributed by atoms with Crippen LogP contribution >= 0.6 is 15.9 Å². The van der Waals surface area contributed by atoms with Crippen LogP contribution in [0.4, 0.5) is 8.78 Å². The predicted octanol–water partition coefficient (Wildman–Crippen LogP) is 3.33. The molecular formula is C24H23BrF2N4O4. The number of benzene rings is 2. The molecule has 184 valence electrons. The number of carbonyl (C=O) groups excluding carboxylic acids is 2. The Hall–Kier alpha value is -3.60. The first kappa shape index (κ1) is 26.0. The summed E-state index contributed by atoms with van der Waals surface area (Å²) in [6, 6.07) is 8.05. The van der Waals surface area contributed by atoms with E-state index in [4.69, 9.17) is 4.74 Å². The highest BCUT2D eigenvalue weighted by Crippen LogP contribution is 2.29. The molecule has 2 aromatic carbocycles. The van der Waals surface area contributed by atoms with E-state index in [1.165, 1.54) is 17.7 Å². The van der Waals surface area contributed by atoms with Crippen LogP contribution in [0.1, 0.15) is 33.7 Å². The molecule has 0 radical (unpaired) electrons. The number of ether oxygens (including phenoxy) is 1. The van der Waals surface area contributed by atoms with E-state index in [-0.39, 0.29) is 47.2 Å². The second-order valence-electron chi connectivity index (χ2n) is 7.62. The van der Waals surface area contributed by atoms with Gasteiger partial charge in [0.25, 0.3) is 11.5 Å². The van der Waals surface area contributed by atoms with Crippen molar-refractivity contribution >= 4 is 27.7 Å². The minimum Gasteiger partial charge on any atom is -0.473 e. The number of rotatable bonds is 8. The highest BCUT2D eigenvalue weighted by Gasteiger charge is 2.20. The van der Waals surface area contributed by atoms with Gasteiger partial charge in [-0.05, 0) is 59.6 Å². The summed E-state index contributed by atoms with van der Waals surface area (Å²) in [6.45, 7) is 3.27. The maximum atomic E-state index is 14.1. The number of amides is 2. The van der Waals surface area contributed by atoms with Crippen LogP contribution in [0, 0.1) is 25.5 Å². The molecule has 11 heteroatoms. The van der Waals surface area contributed by atoms with Crippen LogP contribution in [0.2, 0.25) is 0 Å². The molecule has 1 heterocycles. The standard InChI is InChI=1S/C24H23BrF2N4O4/c1-13-4-5-15(22(33)29-9-8-20(32)28-3)10-19(13)31-14(2)30-23(34)21(25)24(31)35-12-16-6-7-17(26)11-18(16)27/h4-7,10-11H,8-9,12H2,1-3H3,(H,28,32)(H,29,33).